The van der Waals surface area contributed by atoms with Crippen molar-refractivity contribution in [3.05, 3.63) is 102 Å². The topological polar surface area (TPSA) is 79.3 Å². The normalized spacial score (nSPS) is 13.8. The average molecular weight is 498 g/mol. The van der Waals surface area contributed by atoms with Gasteiger partial charge in [-0.05, 0) is 56.2 Å². The third-order valence-electron chi connectivity index (χ3n) is 6.51. The number of anilines is 1. The second kappa shape index (κ2) is 10.7. The first kappa shape index (κ1) is 24.2. The minimum atomic E-state index is -0.333. The number of halogens is 1. The van der Waals surface area contributed by atoms with Gasteiger partial charge in [0.05, 0.1) is 11.3 Å². The molecule has 3 aromatic carbocycles. The van der Waals surface area contributed by atoms with Crippen LogP contribution in [-0.4, -0.2) is 45.8 Å². The number of rotatable bonds is 5. The first-order valence-electron chi connectivity index (χ1n) is 12.3. The molecule has 0 spiro atoms. The van der Waals surface area contributed by atoms with Gasteiger partial charge in [-0.2, -0.15) is 5.10 Å². The van der Waals surface area contributed by atoms with Crippen molar-refractivity contribution in [2.24, 2.45) is 0 Å². The lowest BCUT2D eigenvalue weighted by molar-refractivity contribution is 0.0709. The first-order valence-corrected chi connectivity index (χ1v) is 12.3. The smallest absolute Gasteiger partial charge is 0.319 e. The van der Waals surface area contributed by atoms with E-state index in [0.29, 0.717) is 42.9 Å². The molecule has 5 rings (SSSR count). The van der Waals surface area contributed by atoms with Gasteiger partial charge in [0.2, 0.25) is 0 Å². The molecule has 188 valence electrons. The van der Waals surface area contributed by atoms with Crippen LogP contribution in [0.3, 0.4) is 0 Å². The minimum absolute atomic E-state index is 0.0220. The Morgan fingerprint density at radius 3 is 2.27 bits per heavy atom. The second-order valence-corrected chi connectivity index (χ2v) is 9.21. The van der Waals surface area contributed by atoms with E-state index in [0.717, 1.165) is 16.8 Å². The van der Waals surface area contributed by atoms with Gasteiger partial charge in [0.1, 0.15) is 11.5 Å². The molecule has 0 aliphatic carbocycles. The zero-order chi connectivity index (χ0) is 25.8. The number of para-hydroxylation sites is 1. The number of nitrogens with one attached hydrogen (secondary N) is 2. The van der Waals surface area contributed by atoms with E-state index >= 15 is 0 Å². The molecule has 2 N–H and O–H groups in total. The summed E-state index contributed by atoms with van der Waals surface area (Å²) >= 11 is 0. The number of carbonyl (C=O) groups excluding carboxylic acids is 2. The molecule has 1 aliphatic heterocycles. The molecule has 37 heavy (non-hydrogen) atoms. The molecule has 8 heteroatoms. The summed E-state index contributed by atoms with van der Waals surface area (Å²) in [7, 11) is 0. The summed E-state index contributed by atoms with van der Waals surface area (Å²) in [5.41, 5.74) is 4.41. The Hall–Kier alpha value is -4.46. The molecule has 1 aromatic heterocycles. The molecule has 1 aliphatic rings. The lowest BCUT2D eigenvalue weighted by atomic mass is 10.0. The maximum absolute atomic E-state index is 13.6. The fraction of sp³-hybridized carbons (Fsp3) is 0.207. The molecule has 1 fully saturated rings. The SMILES string of the molecule is Cc1ccc(-c2nn(-c3ccc(F)cc3)cc2C(=O)N2CCC(NC(=O)Nc3ccccc3)CC2)cc1. The molecule has 4 aromatic rings. The van der Waals surface area contributed by atoms with Gasteiger partial charge < -0.3 is 15.5 Å². The third kappa shape index (κ3) is 5.69. The summed E-state index contributed by atoms with van der Waals surface area (Å²) in [6, 6.07) is 22.9. The zero-order valence-corrected chi connectivity index (χ0v) is 20.5. The van der Waals surface area contributed by atoms with Gasteiger partial charge in [-0.25, -0.2) is 13.9 Å². The minimum Gasteiger partial charge on any atom is -0.338 e. The maximum atomic E-state index is 13.6. The van der Waals surface area contributed by atoms with Gasteiger partial charge in [-0.1, -0.05) is 48.0 Å². The van der Waals surface area contributed by atoms with Crippen molar-refractivity contribution < 1.29 is 14.0 Å². The highest BCUT2D eigenvalue weighted by molar-refractivity contribution is 6.00. The maximum Gasteiger partial charge on any atom is 0.319 e. The highest BCUT2D eigenvalue weighted by Gasteiger charge is 2.28. The van der Waals surface area contributed by atoms with Crippen LogP contribution in [0.15, 0.2) is 85.1 Å². The number of benzene rings is 3. The van der Waals surface area contributed by atoms with Crippen molar-refractivity contribution in [2.75, 3.05) is 18.4 Å². The average Bonchev–Trinajstić information content (AvgIpc) is 3.35. The van der Waals surface area contributed by atoms with Crippen LogP contribution in [0.5, 0.6) is 0 Å². The molecule has 0 radical (unpaired) electrons. The summed E-state index contributed by atoms with van der Waals surface area (Å²) in [6.45, 7) is 3.04. The van der Waals surface area contributed by atoms with Gasteiger partial charge in [0.15, 0.2) is 0 Å². The van der Waals surface area contributed by atoms with Crippen molar-refractivity contribution in [1.29, 1.82) is 0 Å². The molecular weight excluding hydrogens is 469 g/mol. The lowest BCUT2D eigenvalue weighted by Gasteiger charge is -2.32. The number of hydrogen-bond donors (Lipinski definition) is 2. The van der Waals surface area contributed by atoms with E-state index in [-0.39, 0.29) is 23.8 Å². The van der Waals surface area contributed by atoms with E-state index in [2.05, 4.69) is 10.6 Å². The van der Waals surface area contributed by atoms with Crippen molar-refractivity contribution in [3.8, 4) is 16.9 Å². The van der Waals surface area contributed by atoms with Gasteiger partial charge in [0, 0.05) is 36.6 Å². The van der Waals surface area contributed by atoms with Crippen LogP contribution in [0, 0.1) is 12.7 Å². The van der Waals surface area contributed by atoms with Crippen LogP contribution in [0.1, 0.15) is 28.8 Å². The van der Waals surface area contributed by atoms with Crippen molar-refractivity contribution in [1.82, 2.24) is 20.0 Å². The van der Waals surface area contributed by atoms with E-state index in [1.165, 1.54) is 12.1 Å². The summed E-state index contributed by atoms with van der Waals surface area (Å²) in [4.78, 5) is 27.8. The molecule has 0 atom stereocenters. The van der Waals surface area contributed by atoms with Gasteiger partial charge in [-0.3, -0.25) is 4.79 Å². The van der Waals surface area contributed by atoms with Crippen LogP contribution < -0.4 is 10.6 Å². The van der Waals surface area contributed by atoms with E-state index in [4.69, 9.17) is 5.10 Å². The number of hydrogen-bond acceptors (Lipinski definition) is 3. The number of amides is 3. The zero-order valence-electron chi connectivity index (χ0n) is 20.5. The number of urea groups is 1. The lowest BCUT2D eigenvalue weighted by Crippen LogP contribution is -2.47. The fourth-order valence-electron chi connectivity index (χ4n) is 4.45. The number of piperidine rings is 1. The number of nitrogens with zero attached hydrogens (tertiary/aromatic N) is 3. The number of carbonyl (C=O) groups is 2. The van der Waals surface area contributed by atoms with Crippen LogP contribution in [0.4, 0.5) is 14.9 Å². The highest BCUT2D eigenvalue weighted by Crippen LogP contribution is 2.27. The standard InChI is InChI=1S/C29H28FN5O2/c1-20-7-9-21(10-8-20)27-26(19-35(33-27)25-13-11-22(30)12-14-25)28(36)34-17-15-24(16-18-34)32-29(37)31-23-5-3-2-4-6-23/h2-14,19,24H,15-18H2,1H3,(H2,31,32,37). The molecule has 2 heterocycles. The van der Waals surface area contributed by atoms with Crippen molar-refractivity contribution in [2.45, 2.75) is 25.8 Å². The van der Waals surface area contributed by atoms with E-state index < -0.39 is 0 Å². The second-order valence-electron chi connectivity index (χ2n) is 9.21. The van der Waals surface area contributed by atoms with E-state index in [9.17, 15) is 14.0 Å². The molecule has 3 amide bonds. The Labute approximate surface area is 214 Å². The van der Waals surface area contributed by atoms with Crippen LogP contribution in [0.25, 0.3) is 16.9 Å². The van der Waals surface area contributed by atoms with Crippen molar-refractivity contribution >= 4 is 17.6 Å². The summed E-state index contributed by atoms with van der Waals surface area (Å²) in [5, 5.41) is 10.5. The molecule has 0 unspecified atom stereocenters. The summed E-state index contributed by atoms with van der Waals surface area (Å²) in [6.07, 6.45) is 3.02. The quantitative estimate of drug-likeness (QED) is 0.387. The fourth-order valence-corrected chi connectivity index (χ4v) is 4.45. The molecule has 0 saturated carbocycles. The van der Waals surface area contributed by atoms with Gasteiger partial charge >= 0.3 is 6.03 Å². The summed E-state index contributed by atoms with van der Waals surface area (Å²) < 4.78 is 15.1. The first-order chi connectivity index (χ1) is 18.0. The van der Waals surface area contributed by atoms with Crippen molar-refractivity contribution in [3.63, 3.8) is 0 Å². The Balaban J connectivity index is 1.30. The Morgan fingerprint density at radius 1 is 0.919 bits per heavy atom. The van der Waals surface area contributed by atoms with Gasteiger partial charge in [-0.15, -0.1) is 0 Å². The Kier molecular flexibility index (Phi) is 6.98. The molecule has 7 nitrogen and oxygen atoms in total. The largest absolute Gasteiger partial charge is 0.338 e. The highest BCUT2D eigenvalue weighted by atomic mass is 19.1. The number of aromatic nitrogens is 2. The molecular formula is C29H28FN5O2. The monoisotopic (exact) mass is 497 g/mol. The number of likely N-dealkylation sites (tertiary alicyclic amines) is 1. The van der Waals surface area contributed by atoms with E-state index in [1.807, 2.05) is 61.5 Å². The number of aryl methyl sites for hydroxylation is 1. The summed E-state index contributed by atoms with van der Waals surface area (Å²) in [5.74, 6) is -0.448. The van der Waals surface area contributed by atoms with E-state index in [1.54, 1.807) is 27.9 Å². The third-order valence-corrected chi connectivity index (χ3v) is 6.51. The van der Waals surface area contributed by atoms with Gasteiger partial charge in [0.25, 0.3) is 5.91 Å². The van der Waals surface area contributed by atoms with Crippen LogP contribution >= 0.6 is 0 Å². The predicted octanol–water partition coefficient (Wildman–Crippen LogP) is 5.41. The molecule has 1 saturated heterocycles. The predicted molar refractivity (Wildman–Crippen MR) is 141 cm³/mol. The Morgan fingerprint density at radius 2 is 1.59 bits per heavy atom. The van der Waals surface area contributed by atoms with Crippen LogP contribution in [0.2, 0.25) is 0 Å². The molecule has 0 bridgehead atoms. The Bertz CT molecular complexity index is 1380. The van der Waals surface area contributed by atoms with Crippen LogP contribution in [-0.2, 0) is 0 Å².